The molecule has 0 spiro atoms. The Bertz CT molecular complexity index is 653. The lowest BCUT2D eigenvalue weighted by atomic mass is 10.2. The number of rotatable bonds is 3. The summed E-state index contributed by atoms with van der Waals surface area (Å²) < 4.78 is 16.1. The summed E-state index contributed by atoms with van der Waals surface area (Å²) in [5.74, 6) is 1.16. The van der Waals surface area contributed by atoms with Crippen molar-refractivity contribution >= 4 is 11.6 Å². The normalized spacial score (nSPS) is 17.2. The van der Waals surface area contributed by atoms with E-state index in [0.717, 1.165) is 0 Å². The average molecular weight is 288 g/mol. The molecule has 0 saturated heterocycles. The molecule has 1 atom stereocenters. The fraction of sp³-hybridized carbons (Fsp3) is 0.333. The van der Waals surface area contributed by atoms with Gasteiger partial charge < -0.3 is 13.9 Å². The third kappa shape index (κ3) is 2.62. The van der Waals surface area contributed by atoms with Crippen LogP contribution in [0.15, 0.2) is 34.9 Å². The standard InChI is InChI=1S/C15H16N2O4/c1-10-8-17(12-4-3-7-16-14(12)20-10)15(18)13-6-5-11(21-13)9-19-2/h3-7,10H,8-9H2,1-2H3. The van der Waals surface area contributed by atoms with Crippen molar-refractivity contribution in [1.29, 1.82) is 0 Å². The molecule has 1 amide bonds. The first kappa shape index (κ1) is 13.6. The quantitative estimate of drug-likeness (QED) is 0.866. The van der Waals surface area contributed by atoms with E-state index in [4.69, 9.17) is 13.9 Å². The van der Waals surface area contributed by atoms with Crippen LogP contribution in [0.3, 0.4) is 0 Å². The van der Waals surface area contributed by atoms with Gasteiger partial charge in [0.05, 0.1) is 6.54 Å². The molecular formula is C15H16N2O4. The van der Waals surface area contributed by atoms with Crippen LogP contribution in [0, 0.1) is 0 Å². The molecule has 0 aromatic carbocycles. The number of anilines is 1. The molecule has 1 aliphatic heterocycles. The molecule has 0 radical (unpaired) electrons. The molecule has 0 N–H and O–H groups in total. The van der Waals surface area contributed by atoms with E-state index in [2.05, 4.69) is 4.98 Å². The topological polar surface area (TPSA) is 64.8 Å². The maximum absolute atomic E-state index is 12.6. The van der Waals surface area contributed by atoms with E-state index in [-0.39, 0.29) is 17.8 Å². The van der Waals surface area contributed by atoms with Crippen molar-refractivity contribution in [3.8, 4) is 5.88 Å². The minimum atomic E-state index is -0.207. The van der Waals surface area contributed by atoms with Crippen LogP contribution in [0.25, 0.3) is 0 Å². The fourth-order valence-electron chi connectivity index (χ4n) is 2.30. The predicted molar refractivity (Wildman–Crippen MR) is 75.4 cm³/mol. The molecule has 0 fully saturated rings. The van der Waals surface area contributed by atoms with E-state index in [0.29, 0.717) is 30.5 Å². The second kappa shape index (κ2) is 5.57. The molecule has 2 aromatic heterocycles. The van der Waals surface area contributed by atoms with Gasteiger partial charge in [-0.1, -0.05) is 0 Å². The zero-order valence-electron chi connectivity index (χ0n) is 11.9. The van der Waals surface area contributed by atoms with Gasteiger partial charge in [-0.25, -0.2) is 4.98 Å². The average Bonchev–Trinajstić information content (AvgIpc) is 2.94. The number of pyridine rings is 1. The largest absolute Gasteiger partial charge is 0.471 e. The SMILES string of the molecule is COCc1ccc(C(=O)N2CC(C)Oc3ncccc32)o1. The van der Waals surface area contributed by atoms with Gasteiger partial charge >= 0.3 is 0 Å². The summed E-state index contributed by atoms with van der Waals surface area (Å²) in [6.07, 6.45) is 1.52. The van der Waals surface area contributed by atoms with Crippen molar-refractivity contribution in [3.05, 3.63) is 42.0 Å². The smallest absolute Gasteiger partial charge is 0.294 e. The summed E-state index contributed by atoms with van der Waals surface area (Å²) in [5, 5.41) is 0. The van der Waals surface area contributed by atoms with Gasteiger partial charge in [0.15, 0.2) is 5.76 Å². The molecule has 3 heterocycles. The Morgan fingerprint density at radius 1 is 1.48 bits per heavy atom. The first-order valence-corrected chi connectivity index (χ1v) is 6.70. The lowest BCUT2D eigenvalue weighted by molar-refractivity contribution is 0.0923. The Balaban J connectivity index is 1.90. The zero-order valence-corrected chi connectivity index (χ0v) is 11.9. The number of ether oxygens (including phenoxy) is 2. The van der Waals surface area contributed by atoms with Crippen LogP contribution in [-0.4, -0.2) is 30.6 Å². The molecule has 110 valence electrons. The number of fused-ring (bicyclic) bond motifs is 1. The Morgan fingerprint density at radius 3 is 3.14 bits per heavy atom. The van der Waals surface area contributed by atoms with Crippen LogP contribution in [0.4, 0.5) is 5.69 Å². The van der Waals surface area contributed by atoms with Crippen LogP contribution < -0.4 is 9.64 Å². The number of furan rings is 1. The lowest BCUT2D eigenvalue weighted by Gasteiger charge is -2.31. The van der Waals surface area contributed by atoms with Gasteiger partial charge in [0.1, 0.15) is 24.2 Å². The Hall–Kier alpha value is -2.34. The minimum Gasteiger partial charge on any atom is -0.471 e. The van der Waals surface area contributed by atoms with Crippen molar-refractivity contribution in [2.45, 2.75) is 19.6 Å². The number of aromatic nitrogens is 1. The number of amides is 1. The highest BCUT2D eigenvalue weighted by molar-refractivity contribution is 6.05. The van der Waals surface area contributed by atoms with Crippen LogP contribution in [0.5, 0.6) is 5.88 Å². The fourth-order valence-corrected chi connectivity index (χ4v) is 2.30. The van der Waals surface area contributed by atoms with Crippen LogP contribution in [0.1, 0.15) is 23.2 Å². The summed E-state index contributed by atoms with van der Waals surface area (Å²) in [4.78, 5) is 18.4. The third-order valence-electron chi connectivity index (χ3n) is 3.20. The van der Waals surface area contributed by atoms with Gasteiger partial charge in [0.2, 0.25) is 5.88 Å². The molecule has 6 nitrogen and oxygen atoms in total. The van der Waals surface area contributed by atoms with E-state index in [1.165, 1.54) is 0 Å². The molecule has 1 aliphatic rings. The lowest BCUT2D eigenvalue weighted by Crippen LogP contribution is -2.42. The van der Waals surface area contributed by atoms with Gasteiger partial charge in [0.25, 0.3) is 5.91 Å². The third-order valence-corrected chi connectivity index (χ3v) is 3.20. The monoisotopic (exact) mass is 288 g/mol. The first-order chi connectivity index (χ1) is 10.2. The van der Waals surface area contributed by atoms with Crippen molar-refractivity contribution in [2.75, 3.05) is 18.6 Å². The molecule has 0 bridgehead atoms. The van der Waals surface area contributed by atoms with Crippen LogP contribution in [0.2, 0.25) is 0 Å². The number of hydrogen-bond donors (Lipinski definition) is 0. The van der Waals surface area contributed by atoms with Crippen molar-refractivity contribution in [2.24, 2.45) is 0 Å². The Labute approximate surface area is 122 Å². The van der Waals surface area contributed by atoms with Crippen LogP contribution in [-0.2, 0) is 11.3 Å². The van der Waals surface area contributed by atoms with Gasteiger partial charge in [-0.2, -0.15) is 0 Å². The minimum absolute atomic E-state index is 0.121. The van der Waals surface area contributed by atoms with Gasteiger partial charge in [-0.15, -0.1) is 0 Å². The second-order valence-electron chi connectivity index (χ2n) is 4.87. The van der Waals surface area contributed by atoms with E-state index in [1.54, 1.807) is 36.4 Å². The van der Waals surface area contributed by atoms with E-state index < -0.39 is 0 Å². The second-order valence-corrected chi connectivity index (χ2v) is 4.87. The maximum atomic E-state index is 12.6. The highest BCUT2D eigenvalue weighted by Crippen LogP contribution is 2.32. The first-order valence-electron chi connectivity index (χ1n) is 6.70. The van der Waals surface area contributed by atoms with Crippen molar-refractivity contribution in [3.63, 3.8) is 0 Å². The number of carbonyl (C=O) groups excluding carboxylic acids is 1. The maximum Gasteiger partial charge on any atom is 0.294 e. The van der Waals surface area contributed by atoms with E-state index in [9.17, 15) is 4.79 Å². The van der Waals surface area contributed by atoms with Gasteiger partial charge in [-0.05, 0) is 31.2 Å². The highest BCUT2D eigenvalue weighted by Gasteiger charge is 2.30. The summed E-state index contributed by atoms with van der Waals surface area (Å²) in [7, 11) is 1.58. The molecule has 2 aromatic rings. The highest BCUT2D eigenvalue weighted by atomic mass is 16.5. The molecule has 0 saturated carbocycles. The predicted octanol–water partition coefficient (Wildman–Crippen LogP) is 2.25. The molecule has 1 unspecified atom stereocenters. The molecular weight excluding hydrogens is 272 g/mol. The molecule has 6 heteroatoms. The number of carbonyl (C=O) groups is 1. The Kier molecular flexibility index (Phi) is 3.62. The van der Waals surface area contributed by atoms with Crippen molar-refractivity contribution < 1.29 is 18.7 Å². The van der Waals surface area contributed by atoms with Crippen molar-refractivity contribution in [1.82, 2.24) is 4.98 Å². The molecule has 3 rings (SSSR count). The van der Waals surface area contributed by atoms with E-state index >= 15 is 0 Å². The number of nitrogens with zero attached hydrogens (tertiary/aromatic N) is 2. The Morgan fingerprint density at radius 2 is 2.33 bits per heavy atom. The summed E-state index contributed by atoms with van der Waals surface area (Å²) in [6, 6.07) is 6.99. The summed E-state index contributed by atoms with van der Waals surface area (Å²) in [6.45, 7) is 2.69. The van der Waals surface area contributed by atoms with Gasteiger partial charge in [0, 0.05) is 13.3 Å². The summed E-state index contributed by atoms with van der Waals surface area (Å²) >= 11 is 0. The number of hydrogen-bond acceptors (Lipinski definition) is 5. The molecule has 0 aliphatic carbocycles. The number of methoxy groups -OCH3 is 1. The zero-order chi connectivity index (χ0) is 14.8. The van der Waals surface area contributed by atoms with Crippen LogP contribution >= 0.6 is 0 Å². The van der Waals surface area contributed by atoms with Gasteiger partial charge in [-0.3, -0.25) is 9.69 Å². The van der Waals surface area contributed by atoms with E-state index in [1.807, 2.05) is 13.0 Å². The molecule has 21 heavy (non-hydrogen) atoms. The summed E-state index contributed by atoms with van der Waals surface area (Å²) in [5.41, 5.74) is 0.658.